The van der Waals surface area contributed by atoms with Gasteiger partial charge in [-0.25, -0.2) is 14.2 Å². The topological polar surface area (TPSA) is 68.3 Å². The Morgan fingerprint density at radius 2 is 2.08 bits per heavy atom. The maximum absolute atomic E-state index is 14.0. The molecule has 1 atom stereocenters. The Hall–Kier alpha value is -2.51. The summed E-state index contributed by atoms with van der Waals surface area (Å²) in [5.41, 5.74) is 0.500. The van der Waals surface area contributed by atoms with E-state index in [0.29, 0.717) is 26.5 Å². The van der Waals surface area contributed by atoms with Gasteiger partial charge in [0.15, 0.2) is 6.10 Å². The lowest BCUT2D eigenvalue weighted by molar-refractivity contribution is -0.123. The van der Waals surface area contributed by atoms with Gasteiger partial charge in [-0.05, 0) is 43.7 Å². The molecular formula is C18H14ClFN2O3S. The average molecular weight is 393 g/mol. The molecule has 134 valence electrons. The average Bonchev–Trinajstić information content (AvgIpc) is 2.95. The molecule has 3 rings (SSSR count). The number of rotatable bonds is 4. The van der Waals surface area contributed by atoms with Gasteiger partial charge in [0, 0.05) is 16.3 Å². The van der Waals surface area contributed by atoms with Gasteiger partial charge in [-0.1, -0.05) is 17.7 Å². The van der Waals surface area contributed by atoms with Crippen molar-refractivity contribution in [1.29, 1.82) is 0 Å². The van der Waals surface area contributed by atoms with Gasteiger partial charge in [-0.2, -0.15) is 0 Å². The van der Waals surface area contributed by atoms with Crippen LogP contribution < -0.4 is 5.32 Å². The number of hydrogen-bond donors (Lipinski definition) is 1. The van der Waals surface area contributed by atoms with Crippen molar-refractivity contribution in [1.82, 2.24) is 4.98 Å². The molecule has 3 aromatic rings. The maximum Gasteiger partial charge on any atom is 0.349 e. The van der Waals surface area contributed by atoms with Crippen molar-refractivity contribution < 1.29 is 18.7 Å². The maximum atomic E-state index is 14.0. The zero-order valence-corrected chi connectivity index (χ0v) is 15.5. The number of carbonyl (C=O) groups is 2. The first kappa shape index (κ1) is 18.3. The SMILES string of the molecule is Cc1c(C(=O)O[C@@H](C)C(=O)Nc2ccc(Cl)cn2)sc2cccc(F)c12. The fourth-order valence-electron chi connectivity index (χ4n) is 2.39. The molecule has 2 aromatic heterocycles. The van der Waals surface area contributed by atoms with E-state index in [2.05, 4.69) is 10.3 Å². The number of amides is 1. The lowest BCUT2D eigenvalue weighted by Crippen LogP contribution is -2.30. The molecule has 0 fully saturated rings. The number of aromatic nitrogens is 1. The minimum absolute atomic E-state index is 0.273. The number of thiophene rings is 1. The van der Waals surface area contributed by atoms with E-state index in [1.54, 1.807) is 25.1 Å². The summed E-state index contributed by atoms with van der Waals surface area (Å²) in [6.45, 7) is 3.10. The highest BCUT2D eigenvalue weighted by Gasteiger charge is 2.23. The summed E-state index contributed by atoms with van der Waals surface area (Å²) in [4.78, 5) is 28.8. The molecule has 2 heterocycles. The van der Waals surface area contributed by atoms with Crippen LogP contribution in [0.5, 0.6) is 0 Å². The summed E-state index contributed by atoms with van der Waals surface area (Å²) in [7, 11) is 0. The van der Waals surface area contributed by atoms with Gasteiger partial charge in [-0.15, -0.1) is 11.3 Å². The first-order chi connectivity index (χ1) is 12.4. The van der Waals surface area contributed by atoms with Gasteiger partial charge in [-0.3, -0.25) is 4.79 Å². The van der Waals surface area contributed by atoms with Gasteiger partial charge in [0.2, 0.25) is 0 Å². The lowest BCUT2D eigenvalue weighted by Gasteiger charge is -2.13. The number of anilines is 1. The van der Waals surface area contributed by atoms with Crippen molar-refractivity contribution in [2.75, 3.05) is 5.32 Å². The van der Waals surface area contributed by atoms with Gasteiger partial charge in [0.05, 0.1) is 5.02 Å². The van der Waals surface area contributed by atoms with Crippen LogP contribution in [0.15, 0.2) is 36.5 Å². The van der Waals surface area contributed by atoms with Gasteiger partial charge in [0.25, 0.3) is 5.91 Å². The lowest BCUT2D eigenvalue weighted by atomic mass is 10.1. The van der Waals surface area contributed by atoms with E-state index in [0.717, 1.165) is 11.3 Å². The van der Waals surface area contributed by atoms with Gasteiger partial charge >= 0.3 is 5.97 Å². The molecule has 0 radical (unpaired) electrons. The number of pyridine rings is 1. The van der Waals surface area contributed by atoms with E-state index < -0.39 is 23.8 Å². The molecular weight excluding hydrogens is 379 g/mol. The fourth-order valence-corrected chi connectivity index (χ4v) is 3.61. The number of nitrogens with zero attached hydrogens (tertiary/aromatic N) is 1. The van der Waals surface area contributed by atoms with Crippen molar-refractivity contribution >= 4 is 50.7 Å². The number of carbonyl (C=O) groups excluding carboxylic acids is 2. The van der Waals surface area contributed by atoms with Crippen LogP contribution in [-0.2, 0) is 9.53 Å². The van der Waals surface area contributed by atoms with Gasteiger partial charge in [0.1, 0.15) is 16.5 Å². The van der Waals surface area contributed by atoms with Crippen LogP contribution in [0.2, 0.25) is 5.02 Å². The summed E-state index contributed by atoms with van der Waals surface area (Å²) in [5, 5.41) is 3.37. The Morgan fingerprint density at radius 1 is 1.31 bits per heavy atom. The monoisotopic (exact) mass is 392 g/mol. The Kier molecular flexibility index (Phi) is 5.20. The van der Waals surface area contributed by atoms with Crippen LogP contribution in [0.25, 0.3) is 10.1 Å². The van der Waals surface area contributed by atoms with E-state index >= 15 is 0 Å². The molecule has 1 N–H and O–H groups in total. The normalized spacial score (nSPS) is 12.0. The Morgan fingerprint density at radius 3 is 2.73 bits per heavy atom. The number of halogens is 2. The summed E-state index contributed by atoms with van der Waals surface area (Å²) in [6.07, 6.45) is 0.345. The molecule has 8 heteroatoms. The first-order valence-electron chi connectivity index (χ1n) is 7.68. The van der Waals surface area contributed by atoms with Crippen molar-refractivity contribution in [2.24, 2.45) is 0 Å². The molecule has 0 saturated carbocycles. The minimum atomic E-state index is -1.05. The number of fused-ring (bicyclic) bond motifs is 1. The molecule has 0 aliphatic heterocycles. The molecule has 0 saturated heterocycles. The largest absolute Gasteiger partial charge is 0.448 e. The first-order valence-corrected chi connectivity index (χ1v) is 8.87. The zero-order valence-electron chi connectivity index (χ0n) is 13.9. The second-order valence-electron chi connectivity index (χ2n) is 5.57. The number of hydrogen-bond acceptors (Lipinski definition) is 5. The Balaban J connectivity index is 1.73. The fraction of sp³-hybridized carbons (Fsp3) is 0.167. The summed E-state index contributed by atoms with van der Waals surface area (Å²) in [6, 6.07) is 7.77. The smallest absolute Gasteiger partial charge is 0.349 e. The molecule has 0 bridgehead atoms. The minimum Gasteiger partial charge on any atom is -0.448 e. The third kappa shape index (κ3) is 3.68. The Bertz CT molecular complexity index is 988. The van der Waals surface area contributed by atoms with Crippen molar-refractivity contribution in [3.63, 3.8) is 0 Å². The second kappa shape index (κ2) is 7.39. The standard InChI is InChI=1S/C18H14ClFN2O3S/c1-9-15-12(20)4-3-5-13(15)26-16(9)18(24)25-10(2)17(23)22-14-7-6-11(19)8-21-14/h3-8,10H,1-2H3,(H,21,22,23)/t10-/m0/s1. The molecule has 0 unspecified atom stereocenters. The number of ether oxygens (including phenoxy) is 1. The molecule has 0 aliphatic carbocycles. The summed E-state index contributed by atoms with van der Waals surface area (Å²) in [5.74, 6) is -1.30. The van der Waals surface area contributed by atoms with E-state index in [-0.39, 0.29) is 4.88 Å². The van der Waals surface area contributed by atoms with E-state index in [1.807, 2.05) is 0 Å². The third-order valence-electron chi connectivity index (χ3n) is 3.72. The second-order valence-corrected chi connectivity index (χ2v) is 7.06. The van der Waals surface area contributed by atoms with Gasteiger partial charge < -0.3 is 10.1 Å². The number of aryl methyl sites for hydroxylation is 1. The van der Waals surface area contributed by atoms with Crippen molar-refractivity contribution in [2.45, 2.75) is 20.0 Å². The summed E-state index contributed by atoms with van der Waals surface area (Å²) < 4.78 is 19.8. The molecule has 1 aromatic carbocycles. The molecule has 5 nitrogen and oxygen atoms in total. The number of esters is 1. The zero-order chi connectivity index (χ0) is 18.8. The molecule has 0 spiro atoms. The molecule has 1 amide bonds. The number of benzene rings is 1. The van der Waals surface area contributed by atoms with Crippen LogP contribution in [0.3, 0.4) is 0 Å². The highest BCUT2D eigenvalue weighted by Crippen LogP contribution is 2.33. The third-order valence-corrected chi connectivity index (χ3v) is 5.18. The van der Waals surface area contributed by atoms with Crippen LogP contribution in [-0.4, -0.2) is 23.0 Å². The van der Waals surface area contributed by atoms with E-state index in [4.69, 9.17) is 16.3 Å². The van der Waals surface area contributed by atoms with E-state index in [1.165, 1.54) is 25.3 Å². The highest BCUT2D eigenvalue weighted by molar-refractivity contribution is 7.21. The predicted molar refractivity (Wildman–Crippen MR) is 99.3 cm³/mol. The molecule has 0 aliphatic rings. The quantitative estimate of drug-likeness (QED) is 0.660. The Labute approximate surface area is 157 Å². The van der Waals surface area contributed by atoms with Crippen molar-refractivity contribution in [3.05, 3.63) is 57.8 Å². The molecule has 26 heavy (non-hydrogen) atoms. The predicted octanol–water partition coefficient (Wildman–Crippen LogP) is 4.58. The van der Waals surface area contributed by atoms with Crippen LogP contribution in [0, 0.1) is 12.7 Å². The van der Waals surface area contributed by atoms with E-state index in [9.17, 15) is 14.0 Å². The highest BCUT2D eigenvalue weighted by atomic mass is 35.5. The van der Waals surface area contributed by atoms with Crippen LogP contribution in [0.4, 0.5) is 10.2 Å². The van der Waals surface area contributed by atoms with Crippen LogP contribution >= 0.6 is 22.9 Å². The van der Waals surface area contributed by atoms with Crippen LogP contribution in [0.1, 0.15) is 22.2 Å². The summed E-state index contributed by atoms with van der Waals surface area (Å²) >= 11 is 6.87. The van der Waals surface area contributed by atoms with Crippen molar-refractivity contribution in [3.8, 4) is 0 Å². The number of nitrogens with one attached hydrogen (secondary N) is 1.